The van der Waals surface area contributed by atoms with Crippen molar-refractivity contribution in [3.8, 4) is 0 Å². The smallest absolute Gasteiger partial charge is 0.419 e. The van der Waals surface area contributed by atoms with Gasteiger partial charge in [0.25, 0.3) is 0 Å². The molecule has 0 amide bonds. The summed E-state index contributed by atoms with van der Waals surface area (Å²) >= 11 is 5.46. The molecule has 1 heterocycles. The van der Waals surface area contributed by atoms with Gasteiger partial charge in [-0.1, -0.05) is 11.6 Å². The van der Waals surface area contributed by atoms with E-state index in [0.717, 1.165) is 6.20 Å². The van der Waals surface area contributed by atoms with E-state index < -0.39 is 28.3 Å². The largest absolute Gasteiger partial charge is 0.462 e. The molecule has 0 saturated carbocycles. The zero-order valence-electron chi connectivity index (χ0n) is 8.14. The van der Waals surface area contributed by atoms with Crippen molar-refractivity contribution < 1.29 is 22.7 Å². The third kappa shape index (κ3) is 2.63. The quantitative estimate of drug-likeness (QED) is 0.761. The summed E-state index contributed by atoms with van der Waals surface area (Å²) in [6.07, 6.45) is -3.15. The number of ether oxygens (including phenoxy) is 1. The maximum atomic E-state index is 12.4. The molecule has 0 radical (unpaired) electrons. The molecule has 1 aromatic heterocycles. The monoisotopic (exact) mass is 253 g/mol. The van der Waals surface area contributed by atoms with Crippen molar-refractivity contribution in [1.29, 1.82) is 0 Å². The molecule has 16 heavy (non-hydrogen) atoms. The maximum Gasteiger partial charge on any atom is 0.419 e. The number of esters is 1. The second kappa shape index (κ2) is 4.69. The van der Waals surface area contributed by atoms with Crippen molar-refractivity contribution in [3.05, 3.63) is 28.5 Å². The van der Waals surface area contributed by atoms with Crippen LogP contribution in [0.15, 0.2) is 12.4 Å². The second-order valence-corrected chi connectivity index (χ2v) is 3.14. The number of halogens is 4. The van der Waals surface area contributed by atoms with E-state index in [4.69, 9.17) is 11.6 Å². The third-order valence-corrected chi connectivity index (χ3v) is 2.09. The van der Waals surface area contributed by atoms with Gasteiger partial charge >= 0.3 is 12.1 Å². The van der Waals surface area contributed by atoms with E-state index in [9.17, 15) is 18.0 Å². The second-order valence-electron chi connectivity index (χ2n) is 2.77. The number of carbonyl (C=O) groups is 1. The van der Waals surface area contributed by atoms with Gasteiger partial charge in [-0.3, -0.25) is 4.98 Å². The fraction of sp³-hybridized carbons (Fsp3) is 0.333. The van der Waals surface area contributed by atoms with Gasteiger partial charge in [-0.25, -0.2) is 4.79 Å². The molecular formula is C9H7ClF3NO2. The molecule has 0 fully saturated rings. The molecule has 0 unspecified atom stereocenters. The van der Waals surface area contributed by atoms with E-state index in [2.05, 4.69) is 9.72 Å². The van der Waals surface area contributed by atoms with Crippen LogP contribution in [0.1, 0.15) is 22.8 Å². The Bertz CT molecular complexity index is 406. The molecule has 0 spiro atoms. The Balaban J connectivity index is 3.19. The molecule has 0 aliphatic rings. The first-order chi connectivity index (χ1) is 7.38. The summed E-state index contributed by atoms with van der Waals surface area (Å²) in [5.41, 5.74) is -1.54. The lowest BCUT2D eigenvalue weighted by atomic mass is 10.2. The summed E-state index contributed by atoms with van der Waals surface area (Å²) in [6.45, 7) is 1.58. The average Bonchev–Trinajstić information content (AvgIpc) is 2.16. The zero-order valence-corrected chi connectivity index (χ0v) is 8.89. The highest BCUT2D eigenvalue weighted by Crippen LogP contribution is 2.35. The standard InChI is InChI=1S/C9H7ClF3NO2/c1-2-16-8(15)5-3-14-4-6(7(5)10)9(11,12)13/h3-4H,2H2,1H3. The number of alkyl halides is 3. The van der Waals surface area contributed by atoms with E-state index >= 15 is 0 Å². The van der Waals surface area contributed by atoms with Gasteiger partial charge in [0.1, 0.15) is 0 Å². The fourth-order valence-electron chi connectivity index (χ4n) is 0.994. The van der Waals surface area contributed by atoms with Gasteiger partial charge in [0, 0.05) is 12.4 Å². The highest BCUT2D eigenvalue weighted by molar-refractivity contribution is 6.34. The first kappa shape index (κ1) is 12.8. The molecule has 1 rings (SSSR count). The summed E-state index contributed by atoms with van der Waals surface area (Å²) in [4.78, 5) is 14.5. The third-order valence-electron chi connectivity index (χ3n) is 1.68. The van der Waals surface area contributed by atoms with Gasteiger partial charge in [0.05, 0.1) is 22.8 Å². The SMILES string of the molecule is CCOC(=O)c1cncc(C(F)(F)F)c1Cl. The highest BCUT2D eigenvalue weighted by atomic mass is 35.5. The minimum atomic E-state index is -4.65. The first-order valence-corrected chi connectivity index (χ1v) is 4.63. The van der Waals surface area contributed by atoms with Crippen molar-refractivity contribution >= 4 is 17.6 Å². The lowest BCUT2D eigenvalue weighted by Crippen LogP contribution is -2.12. The van der Waals surface area contributed by atoms with Crippen molar-refractivity contribution in [3.63, 3.8) is 0 Å². The molecule has 0 saturated heterocycles. The predicted molar refractivity (Wildman–Crippen MR) is 50.2 cm³/mol. The Morgan fingerprint density at radius 2 is 2.12 bits per heavy atom. The molecule has 0 aliphatic heterocycles. The molecule has 3 nitrogen and oxygen atoms in total. The van der Waals surface area contributed by atoms with Crippen molar-refractivity contribution in [2.24, 2.45) is 0 Å². The Labute approximate surface area is 94.2 Å². The topological polar surface area (TPSA) is 39.2 Å². The van der Waals surface area contributed by atoms with Crippen molar-refractivity contribution in [1.82, 2.24) is 4.98 Å². The number of aromatic nitrogens is 1. The van der Waals surface area contributed by atoms with E-state index in [1.165, 1.54) is 6.92 Å². The van der Waals surface area contributed by atoms with Crippen LogP contribution in [0, 0.1) is 0 Å². The van der Waals surface area contributed by atoms with Gasteiger partial charge in [0.2, 0.25) is 0 Å². The molecule has 7 heteroatoms. The van der Waals surface area contributed by atoms with Crippen LogP contribution in [-0.2, 0) is 10.9 Å². The molecule has 0 aromatic carbocycles. The summed E-state index contributed by atoms with van der Waals surface area (Å²) in [6, 6.07) is 0. The van der Waals surface area contributed by atoms with Crippen LogP contribution in [0.3, 0.4) is 0 Å². The lowest BCUT2D eigenvalue weighted by molar-refractivity contribution is -0.137. The Kier molecular flexibility index (Phi) is 3.74. The molecule has 88 valence electrons. The molecule has 1 aromatic rings. The Morgan fingerprint density at radius 3 is 2.62 bits per heavy atom. The predicted octanol–water partition coefficient (Wildman–Crippen LogP) is 2.93. The van der Waals surface area contributed by atoms with E-state index in [-0.39, 0.29) is 6.61 Å². The maximum absolute atomic E-state index is 12.4. The average molecular weight is 254 g/mol. The summed E-state index contributed by atoms with van der Waals surface area (Å²) < 4.78 is 41.7. The van der Waals surface area contributed by atoms with Crippen LogP contribution in [0.2, 0.25) is 5.02 Å². The number of hydrogen-bond donors (Lipinski definition) is 0. The normalized spacial score (nSPS) is 11.3. The van der Waals surface area contributed by atoms with E-state index in [0.29, 0.717) is 6.20 Å². The molecule has 0 aliphatic carbocycles. The number of nitrogens with zero attached hydrogens (tertiary/aromatic N) is 1. The van der Waals surface area contributed by atoms with Crippen LogP contribution >= 0.6 is 11.6 Å². The molecule has 0 bridgehead atoms. The Hall–Kier alpha value is -1.30. The molecule has 0 N–H and O–H groups in total. The zero-order chi connectivity index (χ0) is 12.3. The lowest BCUT2D eigenvalue weighted by Gasteiger charge is -2.10. The molecular weight excluding hydrogens is 247 g/mol. The van der Waals surface area contributed by atoms with E-state index in [1.54, 1.807) is 0 Å². The van der Waals surface area contributed by atoms with Gasteiger partial charge in [-0.15, -0.1) is 0 Å². The van der Waals surface area contributed by atoms with Gasteiger partial charge in [-0.05, 0) is 6.92 Å². The number of carbonyl (C=O) groups excluding carboxylic acids is 1. The number of hydrogen-bond acceptors (Lipinski definition) is 3. The first-order valence-electron chi connectivity index (χ1n) is 4.25. The van der Waals surface area contributed by atoms with Crippen molar-refractivity contribution in [2.45, 2.75) is 13.1 Å². The minimum Gasteiger partial charge on any atom is -0.462 e. The van der Waals surface area contributed by atoms with Crippen LogP contribution in [-0.4, -0.2) is 17.6 Å². The highest BCUT2D eigenvalue weighted by Gasteiger charge is 2.35. The van der Waals surface area contributed by atoms with Crippen LogP contribution < -0.4 is 0 Å². The number of rotatable bonds is 2. The summed E-state index contributed by atoms with van der Waals surface area (Å²) in [5, 5.41) is -0.694. The summed E-state index contributed by atoms with van der Waals surface area (Å²) in [5.74, 6) is -0.925. The molecule has 0 atom stereocenters. The summed E-state index contributed by atoms with van der Waals surface area (Å²) in [7, 11) is 0. The van der Waals surface area contributed by atoms with Crippen molar-refractivity contribution in [2.75, 3.05) is 6.61 Å². The Morgan fingerprint density at radius 1 is 1.50 bits per heavy atom. The number of pyridine rings is 1. The van der Waals surface area contributed by atoms with Gasteiger partial charge in [0.15, 0.2) is 0 Å². The van der Waals surface area contributed by atoms with Gasteiger partial charge in [-0.2, -0.15) is 13.2 Å². The van der Waals surface area contributed by atoms with Gasteiger partial charge < -0.3 is 4.74 Å². The van der Waals surface area contributed by atoms with Crippen LogP contribution in [0.4, 0.5) is 13.2 Å². The fourth-order valence-corrected chi connectivity index (χ4v) is 1.28. The van der Waals surface area contributed by atoms with Crippen LogP contribution in [0.5, 0.6) is 0 Å². The minimum absolute atomic E-state index is 0.0470. The van der Waals surface area contributed by atoms with E-state index in [1.807, 2.05) is 0 Å². The van der Waals surface area contributed by atoms with Crippen LogP contribution in [0.25, 0.3) is 0 Å².